The third-order valence-corrected chi connectivity index (χ3v) is 10.2. The first-order valence-corrected chi connectivity index (χ1v) is 15.5. The number of anilines is 1. The van der Waals surface area contributed by atoms with E-state index in [-0.39, 0.29) is 17.1 Å². The molecular formula is C32H38FN7O2. The Morgan fingerprint density at radius 1 is 1.07 bits per heavy atom. The summed E-state index contributed by atoms with van der Waals surface area (Å²) in [7, 11) is 1.93. The van der Waals surface area contributed by atoms with Gasteiger partial charge in [0.25, 0.3) is 0 Å². The van der Waals surface area contributed by atoms with Crippen LogP contribution in [0.5, 0.6) is 11.8 Å². The largest absolute Gasteiger partial charge is 0.508 e. The molecule has 0 aliphatic carbocycles. The van der Waals surface area contributed by atoms with Gasteiger partial charge in [-0.05, 0) is 92.6 Å². The molecule has 2 atom stereocenters. The summed E-state index contributed by atoms with van der Waals surface area (Å²) in [5.74, 6) is 1.27. The third kappa shape index (κ3) is 4.06. The Morgan fingerprint density at radius 3 is 2.57 bits per heavy atom. The molecule has 0 amide bonds. The van der Waals surface area contributed by atoms with Crippen molar-refractivity contribution in [1.29, 1.82) is 0 Å². The van der Waals surface area contributed by atoms with Gasteiger partial charge >= 0.3 is 6.01 Å². The van der Waals surface area contributed by atoms with Gasteiger partial charge in [0.05, 0.1) is 5.54 Å². The lowest BCUT2D eigenvalue weighted by molar-refractivity contribution is 0.108. The number of aromatic nitrogens is 4. The summed E-state index contributed by atoms with van der Waals surface area (Å²) < 4.78 is 23.4. The molecule has 4 aliphatic heterocycles. The number of phenols is 1. The Labute approximate surface area is 244 Å². The van der Waals surface area contributed by atoms with Gasteiger partial charge < -0.3 is 24.6 Å². The zero-order valence-corrected chi connectivity index (χ0v) is 24.4. The van der Waals surface area contributed by atoms with Crippen LogP contribution in [-0.4, -0.2) is 79.9 Å². The quantitative estimate of drug-likeness (QED) is 0.349. The molecule has 2 unspecified atom stereocenters. The SMILES string of the molecule is CCc1c(F)ccc2cc(O)cc(-c3nc4c(N5CC6CCC(C5)N6)nc(OCC56CCCN5CCC6)nc4n3C)c12. The zero-order valence-electron chi connectivity index (χ0n) is 24.4. The van der Waals surface area contributed by atoms with Crippen molar-refractivity contribution < 1.29 is 14.2 Å². The highest BCUT2D eigenvalue weighted by atomic mass is 19.1. The first kappa shape index (κ1) is 26.2. The number of fused-ring (bicyclic) bond motifs is 5. The maximum Gasteiger partial charge on any atom is 0.320 e. The molecule has 8 rings (SSSR count). The van der Waals surface area contributed by atoms with Crippen LogP contribution in [0.2, 0.25) is 0 Å². The number of rotatable bonds is 6. The first-order valence-electron chi connectivity index (χ1n) is 15.5. The number of hydrogen-bond acceptors (Lipinski definition) is 8. The first-order chi connectivity index (χ1) is 20.4. The maximum atomic E-state index is 15.0. The lowest BCUT2D eigenvalue weighted by Gasteiger charge is -2.34. The predicted octanol–water partition coefficient (Wildman–Crippen LogP) is 4.54. The van der Waals surface area contributed by atoms with Gasteiger partial charge in [0, 0.05) is 37.8 Å². The van der Waals surface area contributed by atoms with Crippen molar-refractivity contribution in [2.75, 3.05) is 37.7 Å². The minimum Gasteiger partial charge on any atom is -0.508 e. The fraction of sp³-hybridized carbons (Fsp3) is 0.531. The van der Waals surface area contributed by atoms with E-state index in [1.165, 1.54) is 18.9 Å². The molecule has 42 heavy (non-hydrogen) atoms. The summed E-state index contributed by atoms with van der Waals surface area (Å²) in [5, 5.41) is 15.9. The monoisotopic (exact) mass is 571 g/mol. The average Bonchev–Trinajstić information content (AvgIpc) is 3.74. The van der Waals surface area contributed by atoms with E-state index in [1.54, 1.807) is 18.2 Å². The van der Waals surface area contributed by atoms with Crippen LogP contribution < -0.4 is 15.0 Å². The number of nitrogens with zero attached hydrogens (tertiary/aromatic N) is 6. The molecule has 4 aliphatic rings. The van der Waals surface area contributed by atoms with Crippen LogP contribution in [0.4, 0.5) is 10.2 Å². The molecule has 10 heteroatoms. The van der Waals surface area contributed by atoms with Crippen LogP contribution in [0.1, 0.15) is 51.0 Å². The number of imidazole rings is 1. The minimum atomic E-state index is -0.254. The highest BCUT2D eigenvalue weighted by Gasteiger charge is 2.45. The van der Waals surface area contributed by atoms with Gasteiger partial charge in [0.15, 0.2) is 17.0 Å². The van der Waals surface area contributed by atoms with Gasteiger partial charge in [-0.1, -0.05) is 13.0 Å². The molecule has 0 saturated carbocycles. The molecule has 0 spiro atoms. The number of aryl methyl sites for hydroxylation is 2. The van der Waals surface area contributed by atoms with E-state index in [9.17, 15) is 5.11 Å². The van der Waals surface area contributed by atoms with Crippen molar-refractivity contribution in [3.05, 3.63) is 35.6 Å². The number of phenolic OH excluding ortho intramolecular Hbond substituents is 1. The standard InChI is InChI=1S/C32H38FN7O2/c1-3-23-25(33)9-6-19-14-22(41)15-24(26(19)23)28-35-27-29(38(28)2)36-31(42-18-32-10-4-12-40(32)13-5-11-32)37-30(27)39-16-20-7-8-21(17-39)34-20/h6,9,14-15,20-21,34,41H,3-5,7-8,10-13,16-18H2,1-2H3. The molecule has 2 aromatic heterocycles. The van der Waals surface area contributed by atoms with Crippen molar-refractivity contribution in [3.8, 4) is 23.1 Å². The number of nitrogens with one attached hydrogen (secondary N) is 1. The highest BCUT2D eigenvalue weighted by molar-refractivity contribution is 6.01. The molecule has 4 aromatic rings. The van der Waals surface area contributed by atoms with Crippen molar-refractivity contribution in [3.63, 3.8) is 0 Å². The van der Waals surface area contributed by atoms with E-state index in [0.717, 1.165) is 68.5 Å². The average molecular weight is 572 g/mol. The molecule has 2 aromatic carbocycles. The van der Waals surface area contributed by atoms with Gasteiger partial charge in [-0.25, -0.2) is 9.37 Å². The Hall–Kier alpha value is -3.50. The molecule has 4 fully saturated rings. The molecule has 220 valence electrons. The summed E-state index contributed by atoms with van der Waals surface area (Å²) in [6.07, 6.45) is 7.56. The van der Waals surface area contributed by atoms with Crippen molar-refractivity contribution in [2.45, 2.75) is 69.5 Å². The van der Waals surface area contributed by atoms with Gasteiger partial charge in [-0.3, -0.25) is 4.90 Å². The second-order valence-electron chi connectivity index (χ2n) is 12.7. The Morgan fingerprint density at radius 2 is 1.83 bits per heavy atom. The number of benzene rings is 2. The molecule has 4 saturated heterocycles. The number of ether oxygens (including phenoxy) is 1. The van der Waals surface area contributed by atoms with Crippen molar-refractivity contribution >= 4 is 27.8 Å². The van der Waals surface area contributed by atoms with E-state index in [0.29, 0.717) is 59.2 Å². The Balaban J connectivity index is 1.28. The normalized spacial score (nSPS) is 23.4. The molecule has 2 bridgehead atoms. The lowest BCUT2D eigenvalue weighted by Crippen LogP contribution is -2.51. The van der Waals surface area contributed by atoms with Gasteiger partial charge in [-0.2, -0.15) is 9.97 Å². The highest BCUT2D eigenvalue weighted by Crippen LogP contribution is 2.41. The van der Waals surface area contributed by atoms with Gasteiger partial charge in [0.2, 0.25) is 0 Å². The van der Waals surface area contributed by atoms with Crippen LogP contribution in [0.25, 0.3) is 33.3 Å². The second-order valence-corrected chi connectivity index (χ2v) is 12.7. The van der Waals surface area contributed by atoms with E-state index in [2.05, 4.69) is 15.1 Å². The van der Waals surface area contributed by atoms with Gasteiger partial charge in [-0.15, -0.1) is 0 Å². The van der Waals surface area contributed by atoms with Crippen LogP contribution in [0, 0.1) is 5.82 Å². The summed E-state index contributed by atoms with van der Waals surface area (Å²) in [6.45, 7) is 6.52. The second kappa shape index (κ2) is 9.77. The lowest BCUT2D eigenvalue weighted by atomic mass is 9.95. The van der Waals surface area contributed by atoms with E-state index < -0.39 is 0 Å². The van der Waals surface area contributed by atoms with E-state index >= 15 is 4.39 Å². The number of hydrogen-bond donors (Lipinski definition) is 2. The van der Waals surface area contributed by atoms with Crippen molar-refractivity contribution in [2.24, 2.45) is 7.05 Å². The predicted molar refractivity (Wildman–Crippen MR) is 161 cm³/mol. The topological polar surface area (TPSA) is 91.6 Å². The number of aromatic hydroxyl groups is 1. The summed E-state index contributed by atoms with van der Waals surface area (Å²) in [5.41, 5.74) is 2.76. The fourth-order valence-electron chi connectivity index (χ4n) is 8.20. The third-order valence-electron chi connectivity index (χ3n) is 10.2. The van der Waals surface area contributed by atoms with Crippen LogP contribution >= 0.6 is 0 Å². The van der Waals surface area contributed by atoms with E-state index in [1.807, 2.05) is 18.5 Å². The summed E-state index contributed by atoms with van der Waals surface area (Å²) in [6, 6.07) is 7.80. The maximum absolute atomic E-state index is 15.0. The van der Waals surface area contributed by atoms with Gasteiger partial charge in [0.1, 0.15) is 24.0 Å². The Kier molecular flexibility index (Phi) is 6.08. The minimum absolute atomic E-state index is 0.0887. The van der Waals surface area contributed by atoms with Crippen molar-refractivity contribution in [1.82, 2.24) is 29.7 Å². The van der Waals surface area contributed by atoms with Crippen LogP contribution in [0.3, 0.4) is 0 Å². The number of piperazine rings is 1. The fourth-order valence-corrected chi connectivity index (χ4v) is 8.20. The smallest absolute Gasteiger partial charge is 0.320 e. The zero-order chi connectivity index (χ0) is 28.6. The molecule has 2 N–H and O–H groups in total. The molecule has 0 radical (unpaired) electrons. The van der Waals surface area contributed by atoms with Crippen LogP contribution in [-0.2, 0) is 13.5 Å². The summed E-state index contributed by atoms with van der Waals surface area (Å²) >= 11 is 0. The summed E-state index contributed by atoms with van der Waals surface area (Å²) in [4.78, 5) is 20.0. The Bertz CT molecular complexity index is 1680. The molecule has 6 heterocycles. The number of halogens is 1. The molecule has 9 nitrogen and oxygen atoms in total. The molecular weight excluding hydrogens is 533 g/mol. The van der Waals surface area contributed by atoms with Crippen LogP contribution in [0.15, 0.2) is 24.3 Å². The van der Waals surface area contributed by atoms with E-state index in [4.69, 9.17) is 19.7 Å².